The Kier molecular flexibility index (Phi) is 3.22. The quantitative estimate of drug-likeness (QED) is 0.403. The highest BCUT2D eigenvalue weighted by atomic mass is 32.2. The molecular weight excluding hydrogens is 114 g/mol. The summed E-state index contributed by atoms with van der Waals surface area (Å²) >= 11 is 0. The number of nitrogens with zero attached hydrogens (tertiary/aromatic N) is 1. The lowest BCUT2D eigenvalue weighted by molar-refractivity contribution is 0.616. The zero-order valence-corrected chi connectivity index (χ0v) is 4.47. The Morgan fingerprint density at radius 3 is 2.29 bits per heavy atom. The highest BCUT2D eigenvalue weighted by Crippen LogP contribution is 1.61. The van der Waals surface area contributed by atoms with Crippen molar-refractivity contribution >= 4 is 17.1 Å². The van der Waals surface area contributed by atoms with Gasteiger partial charge >= 0.3 is 0 Å². The Morgan fingerprint density at radius 2 is 2.14 bits per heavy atom. The van der Waals surface area contributed by atoms with E-state index in [1.807, 2.05) is 0 Å². The molecule has 0 spiro atoms. The second-order valence-electron chi connectivity index (χ2n) is 0.738. The van der Waals surface area contributed by atoms with Gasteiger partial charge in [0.05, 0.1) is 0 Å². The molecule has 0 aliphatic carbocycles. The smallest absolute Gasteiger partial charge is 0.208 e. The van der Waals surface area contributed by atoms with Crippen LogP contribution in [-0.2, 0) is 10.9 Å². The lowest BCUT2D eigenvalue weighted by Gasteiger charge is -1.62. The monoisotopic (exact) mass is 119 g/mol. The van der Waals surface area contributed by atoms with Crippen LogP contribution in [0.3, 0.4) is 0 Å². The molecule has 0 aliphatic rings. The van der Waals surface area contributed by atoms with Gasteiger partial charge in [-0.1, -0.05) is 12.7 Å². The maximum atomic E-state index is 9.55. The van der Waals surface area contributed by atoms with Gasteiger partial charge in [0.15, 0.2) is 0 Å². The summed E-state index contributed by atoms with van der Waals surface area (Å²) in [5.41, 5.74) is 0. The molecule has 0 aliphatic heterocycles. The average Bonchev–Trinajstić information content (AvgIpc) is 1.61. The Hall–Kier alpha value is -0.640. The van der Waals surface area contributed by atoms with Crippen molar-refractivity contribution in [2.24, 2.45) is 4.40 Å². The molecule has 0 unspecified atom stereocenters. The van der Waals surface area contributed by atoms with Gasteiger partial charge in [-0.25, -0.2) is 8.42 Å². The van der Waals surface area contributed by atoms with Crippen molar-refractivity contribution in [1.29, 1.82) is 0 Å². The molecule has 0 saturated carbocycles. The van der Waals surface area contributed by atoms with Gasteiger partial charge in [0.2, 0.25) is 10.9 Å². The molecule has 0 rings (SSSR count). The zero-order valence-electron chi connectivity index (χ0n) is 3.57. The maximum Gasteiger partial charge on any atom is 0.243 e. The van der Waals surface area contributed by atoms with Crippen molar-refractivity contribution in [2.75, 3.05) is 0 Å². The van der Waals surface area contributed by atoms with E-state index in [0.717, 1.165) is 6.21 Å². The first-order chi connectivity index (χ1) is 3.27. The molecule has 0 amide bonds. The van der Waals surface area contributed by atoms with Crippen LogP contribution in [0.4, 0.5) is 0 Å². The summed E-state index contributed by atoms with van der Waals surface area (Å²) in [5.74, 6) is 0. The van der Waals surface area contributed by atoms with Gasteiger partial charge in [0, 0.05) is 6.21 Å². The molecule has 0 aromatic heterocycles. The van der Waals surface area contributed by atoms with Crippen LogP contribution in [0, 0.1) is 0 Å². The van der Waals surface area contributed by atoms with Crippen LogP contribution in [0.1, 0.15) is 0 Å². The van der Waals surface area contributed by atoms with Crippen LogP contribution in [0.15, 0.2) is 17.1 Å². The van der Waals surface area contributed by atoms with Gasteiger partial charge in [-0.05, 0) is 0 Å². The largest absolute Gasteiger partial charge is 0.243 e. The summed E-state index contributed by atoms with van der Waals surface area (Å²) < 4.78 is 22.1. The summed E-state index contributed by atoms with van der Waals surface area (Å²) in [4.78, 5) is 0. The Bertz CT molecular complexity index is 139. The SMILES string of the molecule is C=C/C=N\[SH](=O)=O. The minimum Gasteiger partial charge on any atom is -0.208 e. The molecule has 40 valence electrons. The molecule has 0 aromatic rings. The lowest BCUT2D eigenvalue weighted by Crippen LogP contribution is -1.65. The van der Waals surface area contributed by atoms with Gasteiger partial charge in [-0.3, -0.25) is 0 Å². The van der Waals surface area contributed by atoms with Gasteiger partial charge in [-0.2, -0.15) is 4.40 Å². The van der Waals surface area contributed by atoms with E-state index in [4.69, 9.17) is 0 Å². The molecule has 0 aromatic carbocycles. The first-order valence-corrected chi connectivity index (χ1v) is 2.70. The van der Waals surface area contributed by atoms with Crippen LogP contribution < -0.4 is 0 Å². The topological polar surface area (TPSA) is 46.5 Å². The summed E-state index contributed by atoms with van der Waals surface area (Å²) in [6.45, 7) is 3.22. The molecule has 0 atom stereocenters. The van der Waals surface area contributed by atoms with Crippen LogP contribution in [0.5, 0.6) is 0 Å². The first kappa shape index (κ1) is 6.36. The molecule has 0 heterocycles. The highest BCUT2D eigenvalue weighted by Gasteiger charge is 1.62. The normalized spacial score (nSPS) is 10.4. The fourth-order valence-corrected chi connectivity index (χ4v) is 0.305. The average molecular weight is 119 g/mol. The highest BCUT2D eigenvalue weighted by molar-refractivity contribution is 7.71. The zero-order chi connectivity index (χ0) is 5.70. The molecule has 0 fully saturated rings. The third kappa shape index (κ3) is 5.36. The summed E-state index contributed by atoms with van der Waals surface area (Å²) in [5, 5.41) is 0. The van der Waals surface area contributed by atoms with Crippen molar-refractivity contribution in [3.05, 3.63) is 12.7 Å². The van der Waals surface area contributed by atoms with E-state index in [2.05, 4.69) is 11.0 Å². The first-order valence-electron chi connectivity index (χ1n) is 1.56. The van der Waals surface area contributed by atoms with E-state index in [-0.39, 0.29) is 0 Å². The number of hydrogen-bond acceptors (Lipinski definition) is 2. The molecule has 3 nitrogen and oxygen atoms in total. The third-order valence-corrected chi connectivity index (χ3v) is 0.588. The van der Waals surface area contributed by atoms with Crippen LogP contribution >= 0.6 is 0 Å². The molecule has 0 radical (unpaired) electrons. The van der Waals surface area contributed by atoms with Gasteiger partial charge < -0.3 is 0 Å². The predicted octanol–water partition coefficient (Wildman–Crippen LogP) is -0.230. The minimum atomic E-state index is -2.61. The van der Waals surface area contributed by atoms with E-state index in [0.29, 0.717) is 0 Å². The minimum absolute atomic E-state index is 1.12. The van der Waals surface area contributed by atoms with E-state index < -0.39 is 10.9 Å². The molecule has 0 saturated heterocycles. The predicted molar refractivity (Wildman–Crippen MR) is 29.0 cm³/mol. The standard InChI is InChI=1S/C3H5NO2S/c1-2-3-4-7(5)6/h2-3,7H,1H2/b4-3-. The molecule has 0 N–H and O–H groups in total. The number of rotatable bonds is 2. The van der Waals surface area contributed by atoms with Crippen molar-refractivity contribution < 1.29 is 8.42 Å². The Morgan fingerprint density at radius 1 is 1.57 bits per heavy atom. The fourth-order valence-electron chi connectivity index (χ4n) is 0.102. The van der Waals surface area contributed by atoms with E-state index in [1.54, 1.807) is 0 Å². The van der Waals surface area contributed by atoms with Crippen molar-refractivity contribution in [3.8, 4) is 0 Å². The van der Waals surface area contributed by atoms with E-state index >= 15 is 0 Å². The molecular formula is C3H5NO2S. The fraction of sp³-hybridized carbons (Fsp3) is 0. The van der Waals surface area contributed by atoms with Gasteiger partial charge in [0.1, 0.15) is 0 Å². The Labute approximate surface area is 43.5 Å². The molecule has 7 heavy (non-hydrogen) atoms. The summed E-state index contributed by atoms with van der Waals surface area (Å²) in [6.07, 6.45) is 2.41. The Balaban J connectivity index is 3.69. The maximum absolute atomic E-state index is 9.55. The molecule has 0 bridgehead atoms. The van der Waals surface area contributed by atoms with Crippen molar-refractivity contribution in [2.45, 2.75) is 0 Å². The van der Waals surface area contributed by atoms with E-state index in [1.165, 1.54) is 6.08 Å². The second kappa shape index (κ2) is 3.55. The van der Waals surface area contributed by atoms with E-state index in [9.17, 15) is 8.42 Å². The summed E-state index contributed by atoms with van der Waals surface area (Å²) in [7, 11) is -2.61. The second-order valence-corrected chi connectivity index (χ2v) is 1.44. The van der Waals surface area contributed by atoms with Crippen LogP contribution in [0.2, 0.25) is 0 Å². The molecule has 4 heteroatoms. The third-order valence-electron chi connectivity index (χ3n) is 0.266. The van der Waals surface area contributed by atoms with Crippen LogP contribution in [0.25, 0.3) is 0 Å². The summed E-state index contributed by atoms with van der Waals surface area (Å²) in [6, 6.07) is 0. The van der Waals surface area contributed by atoms with Crippen LogP contribution in [-0.4, -0.2) is 14.6 Å². The number of hydrogen-bond donors (Lipinski definition) is 1. The van der Waals surface area contributed by atoms with Crippen molar-refractivity contribution in [3.63, 3.8) is 0 Å². The lowest BCUT2D eigenvalue weighted by atomic mass is 10.7. The van der Waals surface area contributed by atoms with Crippen molar-refractivity contribution in [1.82, 2.24) is 0 Å². The number of allylic oxidation sites excluding steroid dienone is 1. The van der Waals surface area contributed by atoms with Gasteiger partial charge in [0.25, 0.3) is 0 Å². The van der Waals surface area contributed by atoms with Gasteiger partial charge in [-0.15, -0.1) is 0 Å². The number of thiol groups is 1.